The molecule has 2 rings (SSSR count). The van der Waals surface area contributed by atoms with Crippen molar-refractivity contribution >= 4 is 34.9 Å². The Morgan fingerprint density at radius 2 is 2.12 bits per heavy atom. The first-order valence-electron chi connectivity index (χ1n) is 5.25. The Labute approximate surface area is 109 Å². The monoisotopic (exact) mass is 274 g/mol. The number of halogens is 2. The molecule has 7 heteroatoms. The smallest absolute Gasteiger partial charge is 0.319 e. The van der Waals surface area contributed by atoms with Crippen LogP contribution >= 0.6 is 23.2 Å². The molecule has 1 aliphatic rings. The van der Waals surface area contributed by atoms with Crippen LogP contribution in [0, 0.1) is 0 Å². The summed E-state index contributed by atoms with van der Waals surface area (Å²) < 4.78 is 0. The van der Waals surface area contributed by atoms with Gasteiger partial charge in [-0.3, -0.25) is 0 Å². The van der Waals surface area contributed by atoms with Crippen LogP contribution in [-0.4, -0.2) is 30.1 Å². The van der Waals surface area contributed by atoms with Crippen LogP contribution in [0.25, 0.3) is 0 Å². The third-order valence-electron chi connectivity index (χ3n) is 2.42. The second kappa shape index (κ2) is 5.53. The van der Waals surface area contributed by atoms with E-state index in [1.807, 2.05) is 0 Å². The van der Waals surface area contributed by atoms with Gasteiger partial charge in [0.2, 0.25) is 0 Å². The van der Waals surface area contributed by atoms with Gasteiger partial charge in [-0.05, 0) is 25.1 Å². The average molecular weight is 275 g/mol. The fraction of sp³-hybridized carbons (Fsp3) is 0.400. The molecule has 2 amide bonds. The van der Waals surface area contributed by atoms with E-state index in [1.165, 1.54) is 0 Å². The van der Waals surface area contributed by atoms with Crippen molar-refractivity contribution in [2.24, 2.45) is 0 Å². The number of aromatic nitrogens is 1. The highest BCUT2D eigenvalue weighted by Crippen LogP contribution is 2.18. The molecular weight excluding hydrogens is 263 g/mol. The minimum Gasteiger partial charge on any atom is -0.334 e. The molecule has 1 fully saturated rings. The number of hydrogen-bond donors (Lipinski definition) is 3. The van der Waals surface area contributed by atoms with Crippen LogP contribution in [0.1, 0.15) is 6.42 Å². The van der Waals surface area contributed by atoms with Crippen LogP contribution < -0.4 is 16.0 Å². The van der Waals surface area contributed by atoms with Crippen LogP contribution in [0.5, 0.6) is 0 Å². The van der Waals surface area contributed by atoms with Gasteiger partial charge >= 0.3 is 6.03 Å². The van der Waals surface area contributed by atoms with Gasteiger partial charge in [0.05, 0.1) is 0 Å². The number of carbonyl (C=O) groups excluding carboxylic acids is 1. The Bertz CT molecular complexity index is 401. The van der Waals surface area contributed by atoms with E-state index in [2.05, 4.69) is 20.9 Å². The van der Waals surface area contributed by atoms with E-state index < -0.39 is 0 Å². The number of carbonyl (C=O) groups is 1. The zero-order chi connectivity index (χ0) is 12.3. The number of pyridine rings is 1. The topological polar surface area (TPSA) is 66.0 Å². The zero-order valence-corrected chi connectivity index (χ0v) is 10.5. The highest BCUT2D eigenvalue weighted by Gasteiger charge is 2.16. The van der Waals surface area contributed by atoms with Crippen LogP contribution in [0.3, 0.4) is 0 Å². The molecule has 0 spiro atoms. The van der Waals surface area contributed by atoms with Gasteiger partial charge in [0.15, 0.2) is 0 Å². The van der Waals surface area contributed by atoms with Crippen LogP contribution in [0.4, 0.5) is 10.5 Å². The van der Waals surface area contributed by atoms with Gasteiger partial charge in [-0.1, -0.05) is 23.2 Å². The van der Waals surface area contributed by atoms with Gasteiger partial charge in [-0.15, -0.1) is 0 Å². The molecular formula is C10H12Cl2N4O. The molecule has 2 heterocycles. The van der Waals surface area contributed by atoms with E-state index in [1.54, 1.807) is 12.1 Å². The molecule has 1 saturated heterocycles. The van der Waals surface area contributed by atoms with Gasteiger partial charge in [0.25, 0.3) is 0 Å². The summed E-state index contributed by atoms with van der Waals surface area (Å²) in [5.74, 6) is 0. The van der Waals surface area contributed by atoms with Crippen LogP contribution in [-0.2, 0) is 0 Å². The molecule has 1 aromatic heterocycles. The summed E-state index contributed by atoms with van der Waals surface area (Å²) in [7, 11) is 0. The van der Waals surface area contributed by atoms with Crippen molar-refractivity contribution < 1.29 is 4.79 Å². The fourth-order valence-corrected chi connectivity index (χ4v) is 2.13. The Kier molecular flexibility index (Phi) is 4.04. The number of urea groups is 1. The Morgan fingerprint density at radius 1 is 1.41 bits per heavy atom. The second-order valence-corrected chi connectivity index (χ2v) is 4.56. The van der Waals surface area contributed by atoms with E-state index in [0.717, 1.165) is 19.5 Å². The summed E-state index contributed by atoms with van der Waals surface area (Å²) in [5.41, 5.74) is 0.526. The Balaban J connectivity index is 1.92. The summed E-state index contributed by atoms with van der Waals surface area (Å²) in [5, 5.41) is 9.17. The van der Waals surface area contributed by atoms with Crippen molar-refractivity contribution in [1.29, 1.82) is 0 Å². The van der Waals surface area contributed by atoms with Crippen molar-refractivity contribution in [3.8, 4) is 0 Å². The lowest BCUT2D eigenvalue weighted by Crippen LogP contribution is -2.39. The quantitative estimate of drug-likeness (QED) is 0.722. The highest BCUT2D eigenvalue weighted by atomic mass is 35.5. The van der Waals surface area contributed by atoms with Gasteiger partial charge in [-0.2, -0.15) is 0 Å². The van der Waals surface area contributed by atoms with Crippen molar-refractivity contribution in [2.75, 3.05) is 18.4 Å². The van der Waals surface area contributed by atoms with Crippen molar-refractivity contribution in [3.63, 3.8) is 0 Å². The van der Waals surface area contributed by atoms with Crippen molar-refractivity contribution in [3.05, 3.63) is 22.4 Å². The molecule has 17 heavy (non-hydrogen) atoms. The lowest BCUT2D eigenvalue weighted by molar-refractivity contribution is 0.249. The van der Waals surface area contributed by atoms with E-state index in [4.69, 9.17) is 23.2 Å². The average Bonchev–Trinajstić information content (AvgIpc) is 2.67. The molecule has 5 nitrogen and oxygen atoms in total. The summed E-state index contributed by atoms with van der Waals surface area (Å²) in [6.07, 6.45) is 0.936. The SMILES string of the molecule is O=C(Nc1cc(Cl)nc(Cl)c1)N[C@@H]1CCNC1. The maximum Gasteiger partial charge on any atom is 0.319 e. The molecule has 0 radical (unpaired) electrons. The largest absolute Gasteiger partial charge is 0.334 e. The second-order valence-electron chi connectivity index (χ2n) is 3.79. The minimum absolute atomic E-state index is 0.169. The number of nitrogens with zero attached hydrogens (tertiary/aromatic N) is 1. The van der Waals surface area contributed by atoms with Crippen LogP contribution in [0.15, 0.2) is 12.1 Å². The third-order valence-corrected chi connectivity index (χ3v) is 2.80. The standard InChI is InChI=1S/C10H12Cl2N4O/c11-8-3-7(4-9(12)16-8)15-10(17)14-6-1-2-13-5-6/h3-4,6,13H,1-2,5H2,(H2,14,15,16,17)/t6-/m1/s1. The molecule has 3 N–H and O–H groups in total. The molecule has 0 aromatic carbocycles. The zero-order valence-electron chi connectivity index (χ0n) is 8.96. The number of anilines is 1. The summed E-state index contributed by atoms with van der Waals surface area (Å²) in [4.78, 5) is 15.4. The molecule has 1 aromatic rings. The number of amides is 2. The van der Waals surface area contributed by atoms with Gasteiger partial charge in [0, 0.05) is 18.3 Å². The number of hydrogen-bond acceptors (Lipinski definition) is 3. The van der Waals surface area contributed by atoms with E-state index >= 15 is 0 Å². The first-order chi connectivity index (χ1) is 8.13. The maximum atomic E-state index is 11.6. The molecule has 1 aliphatic heterocycles. The molecule has 0 unspecified atom stereocenters. The first kappa shape index (κ1) is 12.4. The van der Waals surface area contributed by atoms with E-state index in [-0.39, 0.29) is 22.4 Å². The predicted octanol–water partition coefficient (Wildman–Crippen LogP) is 1.87. The maximum absolute atomic E-state index is 11.6. The minimum atomic E-state index is -0.267. The number of rotatable bonds is 2. The normalized spacial score (nSPS) is 19.1. The Hall–Kier alpha value is -1.04. The lowest BCUT2D eigenvalue weighted by atomic mass is 10.3. The summed E-state index contributed by atoms with van der Waals surface area (Å²) in [6.45, 7) is 1.73. The lowest BCUT2D eigenvalue weighted by Gasteiger charge is -2.12. The molecule has 92 valence electrons. The molecule has 0 saturated carbocycles. The fourth-order valence-electron chi connectivity index (χ4n) is 1.67. The van der Waals surface area contributed by atoms with Gasteiger partial charge < -0.3 is 16.0 Å². The number of nitrogens with one attached hydrogen (secondary N) is 3. The predicted molar refractivity (Wildman–Crippen MR) is 67.7 cm³/mol. The third kappa shape index (κ3) is 3.73. The van der Waals surface area contributed by atoms with E-state index in [9.17, 15) is 4.79 Å². The molecule has 0 aliphatic carbocycles. The first-order valence-corrected chi connectivity index (χ1v) is 6.00. The Morgan fingerprint density at radius 3 is 2.71 bits per heavy atom. The van der Waals surface area contributed by atoms with Gasteiger partial charge in [-0.25, -0.2) is 9.78 Å². The highest BCUT2D eigenvalue weighted by molar-refractivity contribution is 6.32. The molecule has 1 atom stereocenters. The van der Waals surface area contributed by atoms with Crippen molar-refractivity contribution in [1.82, 2.24) is 15.6 Å². The van der Waals surface area contributed by atoms with Crippen LogP contribution in [0.2, 0.25) is 10.3 Å². The van der Waals surface area contributed by atoms with Crippen molar-refractivity contribution in [2.45, 2.75) is 12.5 Å². The molecule has 0 bridgehead atoms. The summed E-state index contributed by atoms with van der Waals surface area (Å²) >= 11 is 11.5. The van der Waals surface area contributed by atoms with Gasteiger partial charge in [0.1, 0.15) is 10.3 Å². The summed E-state index contributed by atoms with van der Waals surface area (Å²) in [6, 6.07) is 2.99. The van der Waals surface area contributed by atoms with E-state index in [0.29, 0.717) is 5.69 Å².